The molecule has 2 atom stereocenters. The summed E-state index contributed by atoms with van der Waals surface area (Å²) in [6.45, 7) is 2.39. The number of alkyl halides is 4. The van der Waals surface area contributed by atoms with Crippen LogP contribution in [0.25, 0.3) is 0 Å². The summed E-state index contributed by atoms with van der Waals surface area (Å²) in [6.07, 6.45) is -5.00. The summed E-state index contributed by atoms with van der Waals surface area (Å²) in [6, 6.07) is -1.91. The molecular formula is C12H17BrF3N3O4. The van der Waals surface area contributed by atoms with Crippen molar-refractivity contribution in [3.63, 3.8) is 0 Å². The van der Waals surface area contributed by atoms with Gasteiger partial charge in [0.15, 0.2) is 11.8 Å². The predicted octanol–water partition coefficient (Wildman–Crippen LogP) is 0.807. The first-order chi connectivity index (χ1) is 10.6. The quantitative estimate of drug-likeness (QED) is 0.520. The average molecular weight is 404 g/mol. The summed E-state index contributed by atoms with van der Waals surface area (Å²) in [5.74, 6) is -2.44. The SMILES string of the molecule is CCOC(=O)C1=NN(CCN)C(C(=O)OCC)C1(Br)C(F)(F)F. The molecule has 1 aliphatic heterocycles. The van der Waals surface area contributed by atoms with Gasteiger partial charge in [-0.2, -0.15) is 18.3 Å². The molecule has 0 bridgehead atoms. The maximum atomic E-state index is 13.7. The Kier molecular flexibility index (Phi) is 6.40. The number of nitrogens with two attached hydrogens (primary N) is 1. The Bertz CT molecular complexity index is 500. The smallest absolute Gasteiger partial charge is 0.412 e. The molecule has 1 heterocycles. The molecular weight excluding hydrogens is 387 g/mol. The molecule has 0 radical (unpaired) electrons. The van der Waals surface area contributed by atoms with Crippen molar-refractivity contribution in [2.75, 3.05) is 26.3 Å². The van der Waals surface area contributed by atoms with Gasteiger partial charge in [0.25, 0.3) is 0 Å². The highest BCUT2D eigenvalue weighted by Gasteiger charge is 2.70. The molecule has 1 rings (SSSR count). The highest BCUT2D eigenvalue weighted by atomic mass is 79.9. The van der Waals surface area contributed by atoms with Crippen LogP contribution in [0.4, 0.5) is 13.2 Å². The van der Waals surface area contributed by atoms with Gasteiger partial charge >= 0.3 is 18.1 Å². The number of nitrogens with zero attached hydrogens (tertiary/aromatic N) is 2. The first kappa shape index (κ1) is 19.7. The number of hydrazone groups is 1. The third kappa shape index (κ3) is 3.60. The number of rotatable bonds is 6. The van der Waals surface area contributed by atoms with Gasteiger partial charge in [0.2, 0.25) is 4.32 Å². The molecule has 23 heavy (non-hydrogen) atoms. The summed E-state index contributed by atoms with van der Waals surface area (Å²) in [5, 5.41) is 4.43. The fraction of sp³-hybridized carbons (Fsp3) is 0.750. The van der Waals surface area contributed by atoms with Crippen molar-refractivity contribution in [2.45, 2.75) is 30.4 Å². The van der Waals surface area contributed by atoms with E-state index in [-0.39, 0.29) is 26.3 Å². The van der Waals surface area contributed by atoms with Crippen LogP contribution in [0.15, 0.2) is 5.10 Å². The summed E-state index contributed by atoms with van der Waals surface area (Å²) in [5.41, 5.74) is 4.39. The largest absolute Gasteiger partial charge is 0.464 e. The van der Waals surface area contributed by atoms with Crippen molar-refractivity contribution < 1.29 is 32.2 Å². The lowest BCUT2D eigenvalue weighted by molar-refractivity contribution is -0.172. The summed E-state index contributed by atoms with van der Waals surface area (Å²) in [7, 11) is 0. The van der Waals surface area contributed by atoms with Crippen molar-refractivity contribution in [1.82, 2.24) is 5.01 Å². The van der Waals surface area contributed by atoms with Gasteiger partial charge in [0.05, 0.1) is 13.2 Å². The second kappa shape index (κ2) is 7.47. The van der Waals surface area contributed by atoms with E-state index < -0.39 is 34.2 Å². The molecule has 0 aromatic rings. The van der Waals surface area contributed by atoms with E-state index in [1.807, 2.05) is 0 Å². The topological polar surface area (TPSA) is 94.2 Å². The molecule has 0 spiro atoms. The first-order valence-corrected chi connectivity index (χ1v) is 7.59. The summed E-state index contributed by atoms with van der Waals surface area (Å²) < 4.78 is 47.3. The molecule has 0 aliphatic carbocycles. The lowest BCUT2D eigenvalue weighted by atomic mass is 9.94. The van der Waals surface area contributed by atoms with Crippen LogP contribution in [0, 0.1) is 0 Å². The van der Waals surface area contributed by atoms with Crippen molar-refractivity contribution in [3.05, 3.63) is 0 Å². The molecule has 2 unspecified atom stereocenters. The van der Waals surface area contributed by atoms with E-state index in [0.29, 0.717) is 0 Å². The van der Waals surface area contributed by atoms with E-state index >= 15 is 0 Å². The Morgan fingerprint density at radius 2 is 1.91 bits per heavy atom. The van der Waals surface area contributed by atoms with Crippen molar-refractivity contribution >= 4 is 33.6 Å². The zero-order chi connectivity index (χ0) is 17.8. The Labute approximate surface area is 139 Å². The Hall–Kier alpha value is -1.36. The van der Waals surface area contributed by atoms with E-state index in [1.54, 1.807) is 0 Å². The molecule has 11 heteroatoms. The van der Waals surface area contributed by atoms with Crippen LogP contribution < -0.4 is 5.73 Å². The van der Waals surface area contributed by atoms with Crippen LogP contribution in [0.5, 0.6) is 0 Å². The van der Waals surface area contributed by atoms with E-state index in [4.69, 9.17) is 10.5 Å². The molecule has 2 N–H and O–H groups in total. The molecule has 0 aromatic carbocycles. The molecule has 0 saturated heterocycles. The lowest BCUT2D eigenvalue weighted by Crippen LogP contribution is -2.61. The van der Waals surface area contributed by atoms with Crippen LogP contribution in [-0.2, 0) is 19.1 Å². The second-order valence-corrected chi connectivity index (χ2v) is 5.74. The van der Waals surface area contributed by atoms with Gasteiger partial charge in [0, 0.05) is 13.1 Å². The zero-order valence-corrected chi connectivity index (χ0v) is 14.1. The predicted molar refractivity (Wildman–Crippen MR) is 78.0 cm³/mol. The van der Waals surface area contributed by atoms with E-state index in [9.17, 15) is 22.8 Å². The third-order valence-corrected chi connectivity index (χ3v) is 4.26. The average Bonchev–Trinajstić information content (AvgIpc) is 2.73. The van der Waals surface area contributed by atoms with Gasteiger partial charge in [-0.3, -0.25) is 5.01 Å². The zero-order valence-electron chi connectivity index (χ0n) is 12.5. The fourth-order valence-electron chi connectivity index (χ4n) is 2.09. The Morgan fingerprint density at radius 3 is 2.35 bits per heavy atom. The minimum atomic E-state index is -5.00. The fourth-order valence-corrected chi connectivity index (χ4v) is 2.75. The maximum absolute atomic E-state index is 13.7. The second-order valence-electron chi connectivity index (χ2n) is 4.48. The number of carbonyl (C=O) groups excluding carboxylic acids is 2. The molecule has 0 saturated carbocycles. The molecule has 0 aromatic heterocycles. The number of carbonyl (C=O) groups is 2. The summed E-state index contributed by atoms with van der Waals surface area (Å²) >= 11 is 2.51. The molecule has 132 valence electrons. The normalized spacial score (nSPS) is 24.4. The van der Waals surface area contributed by atoms with Crippen LogP contribution >= 0.6 is 15.9 Å². The highest BCUT2D eigenvalue weighted by molar-refractivity contribution is 9.10. The highest BCUT2D eigenvalue weighted by Crippen LogP contribution is 2.47. The Balaban J connectivity index is 3.40. The van der Waals surface area contributed by atoms with Gasteiger partial charge in [-0.1, -0.05) is 15.9 Å². The van der Waals surface area contributed by atoms with Gasteiger partial charge in [-0.05, 0) is 13.8 Å². The monoisotopic (exact) mass is 403 g/mol. The summed E-state index contributed by atoms with van der Waals surface area (Å²) in [4.78, 5) is 23.9. The van der Waals surface area contributed by atoms with Crippen LogP contribution in [0.1, 0.15) is 13.8 Å². The first-order valence-electron chi connectivity index (χ1n) is 6.80. The minimum absolute atomic E-state index is 0.0730. The molecule has 0 amide bonds. The number of hydrogen-bond acceptors (Lipinski definition) is 7. The lowest BCUT2D eigenvalue weighted by Gasteiger charge is -2.33. The van der Waals surface area contributed by atoms with Gasteiger partial charge < -0.3 is 15.2 Å². The van der Waals surface area contributed by atoms with E-state index in [1.165, 1.54) is 13.8 Å². The van der Waals surface area contributed by atoms with E-state index in [2.05, 4.69) is 25.8 Å². The number of halogens is 4. The van der Waals surface area contributed by atoms with Crippen molar-refractivity contribution in [2.24, 2.45) is 10.8 Å². The van der Waals surface area contributed by atoms with Crippen LogP contribution in [-0.4, -0.2) is 65.5 Å². The third-order valence-electron chi connectivity index (χ3n) is 3.00. The van der Waals surface area contributed by atoms with Gasteiger partial charge in [0.1, 0.15) is 0 Å². The maximum Gasteiger partial charge on any atom is 0.412 e. The number of hydrogen-bond donors (Lipinski definition) is 1. The van der Waals surface area contributed by atoms with Crippen molar-refractivity contribution in [3.8, 4) is 0 Å². The minimum Gasteiger partial charge on any atom is -0.464 e. The Morgan fingerprint density at radius 1 is 1.35 bits per heavy atom. The molecule has 0 fully saturated rings. The van der Waals surface area contributed by atoms with Crippen LogP contribution in [0.2, 0.25) is 0 Å². The van der Waals surface area contributed by atoms with Gasteiger partial charge in [-0.25, -0.2) is 9.59 Å². The van der Waals surface area contributed by atoms with Crippen molar-refractivity contribution in [1.29, 1.82) is 0 Å². The number of ether oxygens (including phenoxy) is 2. The number of esters is 2. The van der Waals surface area contributed by atoms with Crippen LogP contribution in [0.3, 0.4) is 0 Å². The molecule has 7 nitrogen and oxygen atoms in total. The van der Waals surface area contributed by atoms with Gasteiger partial charge in [-0.15, -0.1) is 0 Å². The standard InChI is InChI=1S/C12H17BrF3N3O4/c1-3-22-9(20)7-11(13,12(14,15)16)8(10(21)23-4-2)19(18-7)6-5-17/h8H,3-6,17H2,1-2H3. The molecule has 1 aliphatic rings. The van der Waals surface area contributed by atoms with E-state index in [0.717, 1.165) is 5.01 Å².